The minimum Gasteiger partial charge on any atom is -0.310 e. The molecular weight excluding hydrogens is 281 g/mol. The van der Waals surface area contributed by atoms with Crippen LogP contribution in [0.2, 0.25) is 0 Å². The predicted octanol–water partition coefficient (Wildman–Crippen LogP) is 4.83. The van der Waals surface area contributed by atoms with E-state index in [0.717, 1.165) is 24.9 Å². The fraction of sp³-hybridized carbons (Fsp3) is 0.333. The molecule has 0 aliphatic carbocycles. The van der Waals surface area contributed by atoms with Gasteiger partial charge in [-0.1, -0.05) is 37.3 Å². The lowest BCUT2D eigenvalue weighted by Gasteiger charge is -2.21. The van der Waals surface area contributed by atoms with Crippen LogP contribution in [0.3, 0.4) is 0 Å². The average Bonchev–Trinajstić information content (AvgIpc) is 2.51. The number of benzene rings is 2. The summed E-state index contributed by atoms with van der Waals surface area (Å²) in [6.07, 6.45) is 3.98. The molecule has 0 radical (unpaired) electrons. The molecule has 3 heteroatoms. The molecule has 0 fully saturated rings. The SMILES string of the molecule is CCCNC(Cc1cccc(F)c1)c1ccccc1SC. The molecule has 112 valence electrons. The predicted molar refractivity (Wildman–Crippen MR) is 89.4 cm³/mol. The van der Waals surface area contributed by atoms with Gasteiger partial charge in [0.05, 0.1) is 0 Å². The van der Waals surface area contributed by atoms with Gasteiger partial charge in [0.15, 0.2) is 0 Å². The average molecular weight is 303 g/mol. The summed E-state index contributed by atoms with van der Waals surface area (Å²) in [4.78, 5) is 1.28. The number of hydrogen-bond acceptors (Lipinski definition) is 2. The highest BCUT2D eigenvalue weighted by atomic mass is 32.2. The molecule has 21 heavy (non-hydrogen) atoms. The lowest BCUT2D eigenvalue weighted by molar-refractivity contribution is 0.521. The van der Waals surface area contributed by atoms with Crippen LogP contribution in [-0.4, -0.2) is 12.8 Å². The third kappa shape index (κ3) is 4.58. The van der Waals surface area contributed by atoms with E-state index in [1.165, 1.54) is 16.5 Å². The Morgan fingerprint density at radius 2 is 1.95 bits per heavy atom. The van der Waals surface area contributed by atoms with Gasteiger partial charge in [-0.15, -0.1) is 11.8 Å². The van der Waals surface area contributed by atoms with Crippen molar-refractivity contribution in [2.75, 3.05) is 12.8 Å². The highest BCUT2D eigenvalue weighted by molar-refractivity contribution is 7.98. The van der Waals surface area contributed by atoms with Gasteiger partial charge >= 0.3 is 0 Å². The topological polar surface area (TPSA) is 12.0 Å². The van der Waals surface area contributed by atoms with E-state index in [1.807, 2.05) is 6.07 Å². The molecule has 1 unspecified atom stereocenters. The van der Waals surface area contributed by atoms with Crippen LogP contribution in [0.15, 0.2) is 53.4 Å². The number of thioether (sulfide) groups is 1. The summed E-state index contributed by atoms with van der Waals surface area (Å²) < 4.78 is 13.4. The van der Waals surface area contributed by atoms with E-state index >= 15 is 0 Å². The van der Waals surface area contributed by atoms with Crippen LogP contribution < -0.4 is 5.32 Å². The van der Waals surface area contributed by atoms with E-state index in [1.54, 1.807) is 23.9 Å². The van der Waals surface area contributed by atoms with E-state index in [9.17, 15) is 4.39 Å². The van der Waals surface area contributed by atoms with Gasteiger partial charge < -0.3 is 5.32 Å². The lowest BCUT2D eigenvalue weighted by Crippen LogP contribution is -2.24. The van der Waals surface area contributed by atoms with Gasteiger partial charge in [-0.05, 0) is 55.0 Å². The summed E-state index contributed by atoms with van der Waals surface area (Å²) in [5, 5.41) is 3.59. The second kappa shape index (κ2) is 8.20. The van der Waals surface area contributed by atoms with Crippen molar-refractivity contribution in [2.24, 2.45) is 0 Å². The maximum atomic E-state index is 13.4. The molecule has 0 saturated carbocycles. The summed E-state index contributed by atoms with van der Waals surface area (Å²) in [6.45, 7) is 3.12. The van der Waals surface area contributed by atoms with Crippen LogP contribution in [0.1, 0.15) is 30.5 Å². The van der Waals surface area contributed by atoms with Crippen molar-refractivity contribution in [3.05, 3.63) is 65.5 Å². The second-order valence-electron chi connectivity index (χ2n) is 5.08. The molecule has 0 aliphatic rings. The molecule has 0 aliphatic heterocycles. The van der Waals surface area contributed by atoms with Crippen molar-refractivity contribution < 1.29 is 4.39 Å². The Morgan fingerprint density at radius 3 is 2.67 bits per heavy atom. The van der Waals surface area contributed by atoms with E-state index in [4.69, 9.17) is 0 Å². The summed E-state index contributed by atoms with van der Waals surface area (Å²) >= 11 is 1.76. The molecule has 0 bridgehead atoms. The Kier molecular flexibility index (Phi) is 6.27. The quantitative estimate of drug-likeness (QED) is 0.735. The Morgan fingerprint density at radius 1 is 1.14 bits per heavy atom. The van der Waals surface area contributed by atoms with Gasteiger partial charge in [0.2, 0.25) is 0 Å². The minimum atomic E-state index is -0.167. The van der Waals surface area contributed by atoms with Gasteiger partial charge in [0.1, 0.15) is 5.82 Å². The third-order valence-corrected chi connectivity index (χ3v) is 4.30. The Labute approximate surface area is 131 Å². The molecule has 0 aromatic heterocycles. The minimum absolute atomic E-state index is 0.167. The van der Waals surface area contributed by atoms with E-state index in [0.29, 0.717) is 0 Å². The molecule has 1 atom stereocenters. The largest absolute Gasteiger partial charge is 0.310 e. The van der Waals surface area contributed by atoms with Gasteiger partial charge in [-0.2, -0.15) is 0 Å². The zero-order chi connectivity index (χ0) is 15.1. The third-order valence-electron chi connectivity index (χ3n) is 3.48. The first-order valence-electron chi connectivity index (χ1n) is 7.35. The molecule has 0 amide bonds. The highest BCUT2D eigenvalue weighted by Gasteiger charge is 2.15. The number of rotatable bonds is 7. The molecule has 0 spiro atoms. The van der Waals surface area contributed by atoms with Gasteiger partial charge in [0, 0.05) is 10.9 Å². The van der Waals surface area contributed by atoms with Crippen LogP contribution in [0.25, 0.3) is 0 Å². The van der Waals surface area contributed by atoms with Gasteiger partial charge in [-0.3, -0.25) is 0 Å². The summed E-state index contributed by atoms with van der Waals surface area (Å²) in [6, 6.07) is 15.6. The first-order valence-corrected chi connectivity index (χ1v) is 8.57. The van der Waals surface area contributed by atoms with Crippen molar-refractivity contribution in [1.29, 1.82) is 0 Å². The lowest BCUT2D eigenvalue weighted by atomic mass is 9.98. The molecule has 1 nitrogen and oxygen atoms in total. The van der Waals surface area contributed by atoms with E-state index in [-0.39, 0.29) is 11.9 Å². The Hall–Kier alpha value is -1.32. The second-order valence-corrected chi connectivity index (χ2v) is 5.93. The Bertz CT molecular complexity index is 571. The molecule has 1 N–H and O–H groups in total. The van der Waals surface area contributed by atoms with Crippen LogP contribution in [-0.2, 0) is 6.42 Å². The number of nitrogens with one attached hydrogen (secondary N) is 1. The van der Waals surface area contributed by atoms with Crippen molar-refractivity contribution in [3.8, 4) is 0 Å². The van der Waals surface area contributed by atoms with Crippen molar-refractivity contribution in [1.82, 2.24) is 5.32 Å². The zero-order valence-electron chi connectivity index (χ0n) is 12.6. The van der Waals surface area contributed by atoms with Crippen LogP contribution in [0.5, 0.6) is 0 Å². The summed E-state index contributed by atoms with van der Waals surface area (Å²) in [5.41, 5.74) is 2.32. The Balaban J connectivity index is 2.25. The van der Waals surface area contributed by atoms with E-state index < -0.39 is 0 Å². The fourth-order valence-corrected chi connectivity index (χ4v) is 3.13. The normalized spacial score (nSPS) is 12.3. The fourth-order valence-electron chi connectivity index (χ4n) is 2.46. The summed E-state index contributed by atoms with van der Waals surface area (Å²) in [5.74, 6) is -0.167. The number of hydrogen-bond donors (Lipinski definition) is 1. The van der Waals surface area contributed by atoms with Crippen LogP contribution in [0, 0.1) is 5.82 Å². The molecule has 0 saturated heterocycles. The van der Waals surface area contributed by atoms with Gasteiger partial charge in [-0.25, -0.2) is 4.39 Å². The monoisotopic (exact) mass is 303 g/mol. The molecule has 2 aromatic rings. The molecule has 2 aromatic carbocycles. The maximum Gasteiger partial charge on any atom is 0.123 e. The van der Waals surface area contributed by atoms with E-state index in [2.05, 4.69) is 42.8 Å². The van der Waals surface area contributed by atoms with Crippen LogP contribution in [0.4, 0.5) is 4.39 Å². The van der Waals surface area contributed by atoms with Crippen molar-refractivity contribution in [2.45, 2.75) is 30.7 Å². The number of halogens is 1. The molecule has 0 heterocycles. The maximum absolute atomic E-state index is 13.4. The smallest absolute Gasteiger partial charge is 0.123 e. The van der Waals surface area contributed by atoms with Crippen LogP contribution >= 0.6 is 11.8 Å². The zero-order valence-corrected chi connectivity index (χ0v) is 13.4. The highest BCUT2D eigenvalue weighted by Crippen LogP contribution is 2.28. The van der Waals surface area contributed by atoms with Crippen molar-refractivity contribution >= 4 is 11.8 Å². The first-order chi connectivity index (χ1) is 10.2. The van der Waals surface area contributed by atoms with Gasteiger partial charge in [0.25, 0.3) is 0 Å². The molecule has 2 rings (SSSR count). The van der Waals surface area contributed by atoms with Crippen molar-refractivity contribution in [3.63, 3.8) is 0 Å². The molecular formula is C18H22FNS. The standard InChI is InChI=1S/C18H22FNS/c1-3-11-20-17(13-14-7-6-8-15(19)12-14)16-9-4-5-10-18(16)21-2/h4-10,12,17,20H,3,11,13H2,1-2H3. The first kappa shape index (κ1) is 16.1. The summed E-state index contributed by atoms with van der Waals surface area (Å²) in [7, 11) is 0.